The smallest absolute Gasteiger partial charge is 0.0935 e. The first-order chi connectivity index (χ1) is 7.79. The Morgan fingerprint density at radius 1 is 1.56 bits per heavy atom. The molecule has 2 aromatic heterocycles. The molecule has 86 valence electrons. The molecule has 0 aliphatic rings. The van der Waals surface area contributed by atoms with E-state index in [1.165, 1.54) is 14.9 Å². The fourth-order valence-electron chi connectivity index (χ4n) is 1.70. The predicted molar refractivity (Wildman–Crippen MR) is 70.8 cm³/mol. The van der Waals surface area contributed by atoms with Gasteiger partial charge in [0, 0.05) is 6.04 Å². The van der Waals surface area contributed by atoms with Crippen molar-refractivity contribution in [2.75, 3.05) is 6.54 Å². The van der Waals surface area contributed by atoms with Crippen LogP contribution in [-0.2, 0) is 6.42 Å². The number of rotatable bonds is 5. The highest BCUT2D eigenvalue weighted by molar-refractivity contribution is 9.11. The highest BCUT2D eigenvalue weighted by atomic mass is 79.9. The number of nitrogens with one attached hydrogen (secondary N) is 1. The van der Waals surface area contributed by atoms with E-state index in [9.17, 15) is 0 Å². The minimum Gasteiger partial charge on any atom is -0.472 e. The first-order valence-corrected chi connectivity index (χ1v) is 6.95. The van der Waals surface area contributed by atoms with Crippen LogP contribution < -0.4 is 5.32 Å². The number of likely N-dealkylation sites (N-methyl/N-ethyl adjacent to an activating group) is 1. The molecule has 4 heteroatoms. The van der Waals surface area contributed by atoms with Crippen LogP contribution >= 0.6 is 27.3 Å². The molecule has 1 atom stereocenters. The molecule has 0 fully saturated rings. The summed E-state index contributed by atoms with van der Waals surface area (Å²) >= 11 is 5.23. The summed E-state index contributed by atoms with van der Waals surface area (Å²) in [5.41, 5.74) is 2.56. The Kier molecular flexibility index (Phi) is 4.21. The summed E-state index contributed by atoms with van der Waals surface area (Å²) in [5, 5.41) is 5.69. The Hall–Kier alpha value is -0.580. The molecule has 0 spiro atoms. The molecule has 1 N–H and O–H groups in total. The number of hydrogen-bond donors (Lipinski definition) is 1. The largest absolute Gasteiger partial charge is 0.472 e. The van der Waals surface area contributed by atoms with Gasteiger partial charge in [-0.05, 0) is 57.5 Å². The quantitative estimate of drug-likeness (QED) is 0.903. The third kappa shape index (κ3) is 2.97. The maximum Gasteiger partial charge on any atom is 0.0935 e. The maximum absolute atomic E-state index is 5.10. The molecule has 0 amide bonds. The van der Waals surface area contributed by atoms with Crippen LogP contribution in [0.25, 0.3) is 0 Å². The van der Waals surface area contributed by atoms with Gasteiger partial charge in [-0.2, -0.15) is 0 Å². The molecule has 0 aliphatic heterocycles. The van der Waals surface area contributed by atoms with Crippen LogP contribution in [0, 0.1) is 0 Å². The van der Waals surface area contributed by atoms with Crippen LogP contribution in [0.4, 0.5) is 0 Å². The zero-order valence-electron chi connectivity index (χ0n) is 9.07. The topological polar surface area (TPSA) is 25.2 Å². The number of hydrogen-bond acceptors (Lipinski definition) is 3. The second-order valence-electron chi connectivity index (χ2n) is 3.63. The molecule has 1 unspecified atom stereocenters. The zero-order chi connectivity index (χ0) is 11.4. The lowest BCUT2D eigenvalue weighted by atomic mass is 10.0. The van der Waals surface area contributed by atoms with Gasteiger partial charge in [0.1, 0.15) is 0 Å². The van der Waals surface area contributed by atoms with Gasteiger partial charge in [0.25, 0.3) is 0 Å². The van der Waals surface area contributed by atoms with Crippen molar-refractivity contribution in [3.63, 3.8) is 0 Å². The molecule has 0 aliphatic carbocycles. The normalized spacial score (nSPS) is 12.9. The molecule has 0 saturated carbocycles. The van der Waals surface area contributed by atoms with Gasteiger partial charge in [-0.1, -0.05) is 6.92 Å². The van der Waals surface area contributed by atoms with Crippen molar-refractivity contribution in [1.82, 2.24) is 5.32 Å². The van der Waals surface area contributed by atoms with Gasteiger partial charge in [-0.3, -0.25) is 0 Å². The van der Waals surface area contributed by atoms with Crippen molar-refractivity contribution in [2.45, 2.75) is 19.4 Å². The summed E-state index contributed by atoms with van der Waals surface area (Å²) in [5.74, 6) is 0. The third-order valence-corrected chi connectivity index (χ3v) is 3.98. The van der Waals surface area contributed by atoms with Gasteiger partial charge < -0.3 is 9.73 Å². The van der Waals surface area contributed by atoms with Crippen molar-refractivity contribution in [3.05, 3.63) is 45.0 Å². The lowest BCUT2D eigenvalue weighted by molar-refractivity contribution is 0.535. The van der Waals surface area contributed by atoms with E-state index in [4.69, 9.17) is 4.42 Å². The minimum atomic E-state index is 0.366. The van der Waals surface area contributed by atoms with Crippen LogP contribution in [-0.4, -0.2) is 6.54 Å². The van der Waals surface area contributed by atoms with Gasteiger partial charge in [0.2, 0.25) is 0 Å². The van der Waals surface area contributed by atoms with E-state index in [2.05, 4.69) is 39.6 Å². The van der Waals surface area contributed by atoms with Crippen LogP contribution in [0.15, 0.2) is 38.2 Å². The summed E-state index contributed by atoms with van der Waals surface area (Å²) in [6.07, 6.45) is 4.50. The number of halogens is 1. The maximum atomic E-state index is 5.10. The Balaban J connectivity index is 2.11. The van der Waals surface area contributed by atoms with Gasteiger partial charge in [-0.25, -0.2) is 0 Å². The van der Waals surface area contributed by atoms with Crippen molar-refractivity contribution in [1.29, 1.82) is 0 Å². The molecule has 2 nitrogen and oxygen atoms in total. The summed E-state index contributed by atoms with van der Waals surface area (Å²) in [7, 11) is 0. The van der Waals surface area contributed by atoms with E-state index in [-0.39, 0.29) is 0 Å². The SMILES string of the molecule is CCNC(Cc1ccoc1)c1csc(Br)c1. The fraction of sp³-hybridized carbons (Fsp3) is 0.333. The van der Waals surface area contributed by atoms with Gasteiger partial charge in [-0.15, -0.1) is 11.3 Å². The summed E-state index contributed by atoms with van der Waals surface area (Å²) in [6.45, 7) is 3.10. The van der Waals surface area contributed by atoms with E-state index < -0.39 is 0 Å². The van der Waals surface area contributed by atoms with E-state index in [0.717, 1.165) is 13.0 Å². The van der Waals surface area contributed by atoms with E-state index in [1.54, 1.807) is 17.6 Å². The van der Waals surface area contributed by atoms with Crippen molar-refractivity contribution >= 4 is 27.3 Å². The zero-order valence-corrected chi connectivity index (χ0v) is 11.5. The van der Waals surface area contributed by atoms with Crippen molar-refractivity contribution in [3.8, 4) is 0 Å². The summed E-state index contributed by atoms with van der Waals surface area (Å²) < 4.78 is 6.28. The first kappa shape index (κ1) is 11.9. The summed E-state index contributed by atoms with van der Waals surface area (Å²) in [6, 6.07) is 4.56. The minimum absolute atomic E-state index is 0.366. The molecular weight excluding hydrogens is 286 g/mol. The van der Waals surface area contributed by atoms with Crippen molar-refractivity contribution < 1.29 is 4.42 Å². The second kappa shape index (κ2) is 5.66. The summed E-state index contributed by atoms with van der Waals surface area (Å²) in [4.78, 5) is 0. The molecule has 0 saturated heterocycles. The van der Waals surface area contributed by atoms with Crippen molar-refractivity contribution in [2.24, 2.45) is 0 Å². The molecule has 0 radical (unpaired) electrons. The molecular formula is C12H14BrNOS. The monoisotopic (exact) mass is 299 g/mol. The average molecular weight is 300 g/mol. The molecule has 16 heavy (non-hydrogen) atoms. The Morgan fingerprint density at radius 2 is 2.44 bits per heavy atom. The fourth-order valence-corrected chi connectivity index (χ4v) is 2.93. The number of thiophene rings is 1. The van der Waals surface area contributed by atoms with Crippen LogP contribution in [0.3, 0.4) is 0 Å². The van der Waals surface area contributed by atoms with Crippen LogP contribution in [0.1, 0.15) is 24.1 Å². The Morgan fingerprint density at radius 3 is 3.00 bits per heavy atom. The van der Waals surface area contributed by atoms with E-state index >= 15 is 0 Å². The predicted octanol–water partition coefficient (Wildman–Crippen LogP) is 4.00. The molecule has 2 heterocycles. The van der Waals surface area contributed by atoms with Gasteiger partial charge >= 0.3 is 0 Å². The highest BCUT2D eigenvalue weighted by Gasteiger charge is 2.13. The number of furan rings is 1. The lowest BCUT2D eigenvalue weighted by Gasteiger charge is -2.15. The first-order valence-electron chi connectivity index (χ1n) is 5.28. The lowest BCUT2D eigenvalue weighted by Crippen LogP contribution is -2.22. The average Bonchev–Trinajstić information content (AvgIpc) is 2.88. The molecule has 2 aromatic rings. The van der Waals surface area contributed by atoms with Gasteiger partial charge in [0.05, 0.1) is 16.3 Å². The van der Waals surface area contributed by atoms with E-state index in [0.29, 0.717) is 6.04 Å². The molecule has 2 rings (SSSR count). The van der Waals surface area contributed by atoms with E-state index in [1.807, 2.05) is 12.3 Å². The standard InChI is InChI=1S/C12H14BrNOS/c1-2-14-11(5-9-3-4-15-7-9)10-6-12(13)16-8-10/h3-4,6-8,11,14H,2,5H2,1H3. The molecule has 0 aromatic carbocycles. The Labute approximate surface area is 108 Å². The second-order valence-corrected chi connectivity index (χ2v) is 5.92. The van der Waals surface area contributed by atoms with Gasteiger partial charge in [0.15, 0.2) is 0 Å². The Bertz CT molecular complexity index is 424. The molecule has 0 bridgehead atoms. The van der Waals surface area contributed by atoms with Crippen LogP contribution in [0.2, 0.25) is 0 Å². The highest BCUT2D eigenvalue weighted by Crippen LogP contribution is 2.27. The van der Waals surface area contributed by atoms with Crippen LogP contribution in [0.5, 0.6) is 0 Å². The third-order valence-electron chi connectivity index (χ3n) is 2.46.